The topological polar surface area (TPSA) is 41.5 Å². The molecule has 1 N–H and O–H groups in total. The van der Waals surface area contributed by atoms with Crippen LogP contribution in [0.1, 0.15) is 22.3 Å². The van der Waals surface area contributed by atoms with Crippen LogP contribution in [-0.4, -0.2) is 23.2 Å². The Morgan fingerprint density at radius 1 is 0.897 bits per heavy atom. The Bertz CT molecular complexity index is 1020. The number of benzene rings is 3. The Labute approximate surface area is 175 Å². The maximum atomic E-state index is 12.5. The van der Waals surface area contributed by atoms with Crippen molar-refractivity contribution in [2.45, 2.75) is 6.42 Å². The largest absolute Gasteiger partial charge is 0.335 e. The van der Waals surface area contributed by atoms with Gasteiger partial charge in [-0.1, -0.05) is 72.4 Å². The highest BCUT2D eigenvalue weighted by Crippen LogP contribution is 2.20. The number of amidine groups is 1. The molecule has 3 nitrogen and oxygen atoms in total. The predicted molar refractivity (Wildman–Crippen MR) is 125 cm³/mol. The number of hydrogen-bond donors (Lipinski definition) is 1. The highest BCUT2D eigenvalue weighted by Gasteiger charge is 2.07. The first-order chi connectivity index (χ1) is 14.3. The number of nitrogens with one attached hydrogen (secondary N) is 1. The molecule has 4 heteroatoms. The van der Waals surface area contributed by atoms with E-state index in [1.54, 1.807) is 17.8 Å². The van der Waals surface area contributed by atoms with Crippen molar-refractivity contribution in [2.24, 2.45) is 4.99 Å². The summed E-state index contributed by atoms with van der Waals surface area (Å²) in [4.78, 5) is 16.9. The fourth-order valence-electron chi connectivity index (χ4n) is 3.06. The van der Waals surface area contributed by atoms with E-state index in [1.807, 2.05) is 60.7 Å². The van der Waals surface area contributed by atoms with Gasteiger partial charge in [-0.15, -0.1) is 0 Å². The van der Waals surface area contributed by atoms with E-state index in [0.717, 1.165) is 40.7 Å². The van der Waals surface area contributed by atoms with Crippen molar-refractivity contribution in [1.82, 2.24) is 0 Å². The van der Waals surface area contributed by atoms with Crippen LogP contribution >= 0.6 is 11.8 Å². The number of thioether (sulfide) groups is 1. The normalized spacial score (nSPS) is 13.9. The lowest BCUT2D eigenvalue weighted by molar-refractivity contribution is 0.104. The van der Waals surface area contributed by atoms with E-state index in [2.05, 4.69) is 34.6 Å². The number of carbonyl (C=O) groups is 1. The summed E-state index contributed by atoms with van der Waals surface area (Å²) in [5.74, 6) is 1.09. The van der Waals surface area contributed by atoms with Crippen LogP contribution in [0.5, 0.6) is 0 Å². The van der Waals surface area contributed by atoms with Gasteiger partial charge in [0.1, 0.15) is 0 Å². The maximum absolute atomic E-state index is 12.5. The van der Waals surface area contributed by atoms with Gasteiger partial charge in [0.25, 0.3) is 0 Å². The Kier molecular flexibility index (Phi) is 6.22. The molecule has 1 aliphatic heterocycles. The molecule has 0 saturated carbocycles. The second-order valence-corrected chi connectivity index (χ2v) is 7.86. The van der Waals surface area contributed by atoms with Crippen molar-refractivity contribution in [2.75, 3.05) is 17.6 Å². The molecule has 0 spiro atoms. The van der Waals surface area contributed by atoms with E-state index in [1.165, 1.54) is 5.56 Å². The first-order valence-electron chi connectivity index (χ1n) is 9.70. The lowest BCUT2D eigenvalue weighted by Crippen LogP contribution is -2.13. The minimum absolute atomic E-state index is 0.00642. The third-order valence-corrected chi connectivity index (χ3v) is 5.66. The molecule has 144 valence electrons. The second-order valence-electron chi connectivity index (χ2n) is 6.78. The first-order valence-corrected chi connectivity index (χ1v) is 10.7. The highest BCUT2D eigenvalue weighted by atomic mass is 32.2. The summed E-state index contributed by atoms with van der Waals surface area (Å²) >= 11 is 1.73. The lowest BCUT2D eigenvalue weighted by Gasteiger charge is -2.13. The van der Waals surface area contributed by atoms with Crippen LogP contribution in [0.2, 0.25) is 0 Å². The zero-order valence-electron chi connectivity index (χ0n) is 16.0. The van der Waals surface area contributed by atoms with Crippen molar-refractivity contribution in [1.29, 1.82) is 0 Å². The van der Waals surface area contributed by atoms with Crippen molar-refractivity contribution < 1.29 is 4.79 Å². The van der Waals surface area contributed by atoms with Crippen molar-refractivity contribution in [3.8, 4) is 11.1 Å². The molecule has 0 radical (unpaired) electrons. The Morgan fingerprint density at radius 3 is 2.31 bits per heavy atom. The third kappa shape index (κ3) is 5.24. The third-order valence-electron chi connectivity index (χ3n) is 4.66. The van der Waals surface area contributed by atoms with Crippen LogP contribution in [0.4, 0.5) is 5.69 Å². The van der Waals surface area contributed by atoms with Gasteiger partial charge in [0.2, 0.25) is 0 Å². The zero-order chi connectivity index (χ0) is 19.9. The van der Waals surface area contributed by atoms with Crippen LogP contribution in [-0.2, 0) is 0 Å². The molecule has 0 aliphatic carbocycles. The molecule has 1 aliphatic rings. The molecular formula is C25H22N2OS. The van der Waals surface area contributed by atoms with E-state index < -0.39 is 0 Å². The molecule has 1 heterocycles. The Morgan fingerprint density at radius 2 is 1.62 bits per heavy atom. The summed E-state index contributed by atoms with van der Waals surface area (Å²) in [5.41, 5.74) is 4.98. The Balaban J connectivity index is 1.38. The first kappa shape index (κ1) is 19.2. The molecule has 0 unspecified atom stereocenters. The minimum Gasteiger partial charge on any atom is -0.335 e. The van der Waals surface area contributed by atoms with Crippen molar-refractivity contribution in [3.63, 3.8) is 0 Å². The van der Waals surface area contributed by atoms with Gasteiger partial charge in [-0.05, 0) is 53.5 Å². The number of rotatable bonds is 5. The predicted octanol–water partition coefficient (Wildman–Crippen LogP) is 6.15. The number of aliphatic imine (C=N–C) groups is 1. The molecule has 0 aromatic heterocycles. The van der Waals surface area contributed by atoms with E-state index in [0.29, 0.717) is 5.56 Å². The maximum Gasteiger partial charge on any atom is 0.185 e. The van der Waals surface area contributed by atoms with Crippen LogP contribution in [0.3, 0.4) is 0 Å². The lowest BCUT2D eigenvalue weighted by atomic mass is 10.0. The molecule has 0 saturated heterocycles. The average molecular weight is 399 g/mol. The van der Waals surface area contributed by atoms with Gasteiger partial charge in [0, 0.05) is 23.5 Å². The number of carbonyl (C=O) groups excluding carboxylic acids is 1. The fourth-order valence-corrected chi connectivity index (χ4v) is 3.90. The van der Waals surface area contributed by atoms with Gasteiger partial charge in [-0.2, -0.15) is 0 Å². The van der Waals surface area contributed by atoms with Gasteiger partial charge < -0.3 is 5.32 Å². The van der Waals surface area contributed by atoms with Crippen molar-refractivity contribution >= 4 is 34.5 Å². The Hall–Kier alpha value is -3.11. The molecule has 3 aromatic carbocycles. The minimum atomic E-state index is -0.00642. The standard InChI is InChI=1S/C25H22N2OS/c28-24(22-12-14-23(15-13-22)27-25-26-17-4-18-29-25)16-9-19-7-10-21(11-8-19)20-5-2-1-3-6-20/h1-3,5-16H,4,17-18H2,(H,26,27)/b16-9+. The molecule has 0 fully saturated rings. The highest BCUT2D eigenvalue weighted by molar-refractivity contribution is 8.14. The van der Waals surface area contributed by atoms with E-state index in [9.17, 15) is 4.79 Å². The van der Waals surface area contributed by atoms with E-state index in [-0.39, 0.29) is 5.78 Å². The van der Waals surface area contributed by atoms with Gasteiger partial charge >= 0.3 is 0 Å². The molecule has 3 aromatic rings. The van der Waals surface area contributed by atoms with Gasteiger partial charge in [0.15, 0.2) is 11.0 Å². The van der Waals surface area contributed by atoms with Crippen LogP contribution in [0, 0.1) is 0 Å². The molecule has 4 rings (SSSR count). The smallest absolute Gasteiger partial charge is 0.185 e. The second kappa shape index (κ2) is 9.39. The van der Waals surface area contributed by atoms with Gasteiger partial charge in [-0.25, -0.2) is 0 Å². The van der Waals surface area contributed by atoms with Gasteiger partial charge in [-0.3, -0.25) is 9.79 Å². The molecule has 29 heavy (non-hydrogen) atoms. The van der Waals surface area contributed by atoms with Crippen molar-refractivity contribution in [3.05, 3.63) is 96.1 Å². The van der Waals surface area contributed by atoms with Crippen LogP contribution < -0.4 is 5.32 Å². The van der Waals surface area contributed by atoms with Gasteiger partial charge in [0.05, 0.1) is 0 Å². The summed E-state index contributed by atoms with van der Waals surface area (Å²) in [5, 5.41) is 4.26. The monoisotopic (exact) mass is 398 g/mol. The number of allylic oxidation sites excluding steroid dienone is 1. The molecule has 0 amide bonds. The average Bonchev–Trinajstić information content (AvgIpc) is 2.80. The molecule has 0 atom stereocenters. The molecule has 0 bridgehead atoms. The van der Waals surface area contributed by atoms with E-state index >= 15 is 0 Å². The number of hydrogen-bond acceptors (Lipinski definition) is 4. The van der Waals surface area contributed by atoms with E-state index in [4.69, 9.17) is 0 Å². The van der Waals surface area contributed by atoms with Crippen LogP contribution in [0.15, 0.2) is 89.9 Å². The summed E-state index contributed by atoms with van der Waals surface area (Å²) < 4.78 is 0. The SMILES string of the molecule is O=C(/C=C/c1ccc(-c2ccccc2)cc1)c1ccc(NC2=NCCCS2)cc1. The summed E-state index contributed by atoms with van der Waals surface area (Å²) in [7, 11) is 0. The van der Waals surface area contributed by atoms with Crippen LogP contribution in [0.25, 0.3) is 17.2 Å². The number of ketones is 1. The fraction of sp³-hybridized carbons (Fsp3) is 0.120. The summed E-state index contributed by atoms with van der Waals surface area (Å²) in [6, 6.07) is 26.0. The zero-order valence-corrected chi connectivity index (χ0v) is 16.9. The quantitative estimate of drug-likeness (QED) is 0.414. The summed E-state index contributed by atoms with van der Waals surface area (Å²) in [6.45, 7) is 0.878. The number of anilines is 1. The number of nitrogens with zero attached hydrogens (tertiary/aromatic N) is 1. The summed E-state index contributed by atoms with van der Waals surface area (Å²) in [6.07, 6.45) is 4.61. The molecular weight excluding hydrogens is 376 g/mol.